The second-order valence-corrected chi connectivity index (χ2v) is 7.52. The van der Waals surface area contributed by atoms with Gasteiger partial charge < -0.3 is 10.1 Å². The van der Waals surface area contributed by atoms with E-state index in [0.717, 1.165) is 17.6 Å². The van der Waals surface area contributed by atoms with E-state index in [2.05, 4.69) is 5.32 Å². The zero-order valence-corrected chi connectivity index (χ0v) is 13.5. The van der Waals surface area contributed by atoms with Crippen LogP contribution in [0.2, 0.25) is 0 Å². The highest BCUT2D eigenvalue weighted by Gasteiger charge is 2.23. The number of para-hydroxylation sites is 1. The molecule has 0 aliphatic carbocycles. The second-order valence-electron chi connectivity index (χ2n) is 5.50. The standard InChI is InChI=1S/C17H17NO4S/c1-23(20,21)13-6-4-5-12(11-13)17(19)18-15-9-10-22-16-8-3-2-7-14(15)16/h2-8,11,15H,9-10H2,1H3,(H,18,19). The molecule has 2 aromatic carbocycles. The van der Waals surface area contributed by atoms with E-state index in [9.17, 15) is 13.2 Å². The SMILES string of the molecule is CS(=O)(=O)c1cccc(C(=O)NC2CCOc3ccccc32)c1. The number of carbonyl (C=O) groups is 1. The molecule has 5 nitrogen and oxygen atoms in total. The first-order valence-corrected chi connectivity index (χ1v) is 9.17. The van der Waals surface area contributed by atoms with Crippen LogP contribution in [0.4, 0.5) is 0 Å². The van der Waals surface area contributed by atoms with Crippen LogP contribution in [0.15, 0.2) is 53.4 Å². The van der Waals surface area contributed by atoms with E-state index >= 15 is 0 Å². The molecule has 0 saturated heterocycles. The molecule has 0 saturated carbocycles. The maximum Gasteiger partial charge on any atom is 0.251 e. The van der Waals surface area contributed by atoms with Gasteiger partial charge in [-0.1, -0.05) is 24.3 Å². The molecule has 6 heteroatoms. The topological polar surface area (TPSA) is 72.5 Å². The van der Waals surface area contributed by atoms with E-state index in [-0.39, 0.29) is 16.8 Å². The van der Waals surface area contributed by atoms with Crippen LogP contribution in [0.5, 0.6) is 5.75 Å². The average Bonchev–Trinajstić information content (AvgIpc) is 2.54. The molecule has 2 aromatic rings. The van der Waals surface area contributed by atoms with Crippen LogP contribution in [0.1, 0.15) is 28.4 Å². The van der Waals surface area contributed by atoms with Gasteiger partial charge in [0.25, 0.3) is 5.91 Å². The van der Waals surface area contributed by atoms with E-state index in [1.807, 2.05) is 24.3 Å². The summed E-state index contributed by atoms with van der Waals surface area (Å²) < 4.78 is 28.8. The monoisotopic (exact) mass is 331 g/mol. The van der Waals surface area contributed by atoms with Crippen molar-refractivity contribution in [2.75, 3.05) is 12.9 Å². The first-order valence-electron chi connectivity index (χ1n) is 7.28. The Labute approximate surface area is 135 Å². The lowest BCUT2D eigenvalue weighted by Crippen LogP contribution is -2.32. The molecule has 1 amide bonds. The fourth-order valence-electron chi connectivity index (χ4n) is 2.60. The van der Waals surface area contributed by atoms with Gasteiger partial charge in [-0.25, -0.2) is 8.42 Å². The Bertz CT molecular complexity index is 845. The predicted molar refractivity (Wildman–Crippen MR) is 86.3 cm³/mol. The molecule has 1 N–H and O–H groups in total. The molecule has 0 radical (unpaired) electrons. The van der Waals surface area contributed by atoms with Gasteiger partial charge in [-0.3, -0.25) is 4.79 Å². The molecule has 0 aromatic heterocycles. The van der Waals surface area contributed by atoms with Crippen LogP contribution in [-0.4, -0.2) is 27.2 Å². The summed E-state index contributed by atoms with van der Waals surface area (Å²) in [5.74, 6) is 0.478. The molecule has 23 heavy (non-hydrogen) atoms. The molecule has 0 spiro atoms. The minimum atomic E-state index is -3.34. The van der Waals surface area contributed by atoms with Crippen molar-refractivity contribution >= 4 is 15.7 Å². The molecule has 0 fully saturated rings. The molecule has 1 unspecified atom stereocenters. The zero-order valence-electron chi connectivity index (χ0n) is 12.7. The first-order chi connectivity index (χ1) is 10.9. The van der Waals surface area contributed by atoms with E-state index < -0.39 is 9.84 Å². The summed E-state index contributed by atoms with van der Waals surface area (Å²) in [6.45, 7) is 0.533. The summed E-state index contributed by atoms with van der Waals surface area (Å²) in [5, 5.41) is 2.96. The lowest BCUT2D eigenvalue weighted by Gasteiger charge is -2.26. The third-order valence-corrected chi connectivity index (χ3v) is 4.90. The Balaban J connectivity index is 1.84. The lowest BCUT2D eigenvalue weighted by atomic mass is 10.00. The van der Waals surface area contributed by atoms with E-state index in [0.29, 0.717) is 18.6 Å². The van der Waals surface area contributed by atoms with Gasteiger partial charge in [0.15, 0.2) is 9.84 Å². The van der Waals surface area contributed by atoms with Gasteiger partial charge in [-0.15, -0.1) is 0 Å². The molecular weight excluding hydrogens is 314 g/mol. The first kappa shape index (κ1) is 15.6. The van der Waals surface area contributed by atoms with Crippen molar-refractivity contribution in [2.24, 2.45) is 0 Å². The molecular formula is C17H17NO4S. The van der Waals surface area contributed by atoms with Crippen molar-refractivity contribution in [1.29, 1.82) is 0 Å². The predicted octanol–water partition coefficient (Wildman–Crippen LogP) is 2.34. The molecule has 1 aliphatic heterocycles. The van der Waals surface area contributed by atoms with Crippen LogP contribution >= 0.6 is 0 Å². The van der Waals surface area contributed by atoms with Gasteiger partial charge in [0, 0.05) is 23.8 Å². The number of benzene rings is 2. The molecule has 3 rings (SSSR count). The van der Waals surface area contributed by atoms with Crippen molar-refractivity contribution in [3.63, 3.8) is 0 Å². The Hall–Kier alpha value is -2.34. The van der Waals surface area contributed by atoms with Crippen LogP contribution in [0, 0.1) is 0 Å². The van der Waals surface area contributed by atoms with E-state index in [1.165, 1.54) is 12.1 Å². The number of fused-ring (bicyclic) bond motifs is 1. The minimum Gasteiger partial charge on any atom is -0.493 e. The Morgan fingerprint density at radius 1 is 1.17 bits per heavy atom. The lowest BCUT2D eigenvalue weighted by molar-refractivity contribution is 0.0924. The van der Waals surface area contributed by atoms with Crippen molar-refractivity contribution in [3.05, 3.63) is 59.7 Å². The van der Waals surface area contributed by atoms with Gasteiger partial charge >= 0.3 is 0 Å². The van der Waals surface area contributed by atoms with Crippen molar-refractivity contribution in [1.82, 2.24) is 5.32 Å². The van der Waals surface area contributed by atoms with E-state index in [1.54, 1.807) is 12.1 Å². The second kappa shape index (κ2) is 6.04. The van der Waals surface area contributed by atoms with Crippen LogP contribution in [-0.2, 0) is 9.84 Å². The summed E-state index contributed by atoms with van der Waals surface area (Å²) in [6, 6.07) is 13.5. The Kier molecular flexibility index (Phi) is 4.09. The molecule has 1 atom stereocenters. The smallest absolute Gasteiger partial charge is 0.251 e. The van der Waals surface area contributed by atoms with Gasteiger partial charge in [0.2, 0.25) is 0 Å². The molecule has 1 heterocycles. The van der Waals surface area contributed by atoms with Crippen LogP contribution < -0.4 is 10.1 Å². The van der Waals surface area contributed by atoms with Crippen molar-refractivity contribution in [2.45, 2.75) is 17.4 Å². The number of hydrogen-bond acceptors (Lipinski definition) is 4. The maximum atomic E-state index is 12.5. The van der Waals surface area contributed by atoms with Crippen molar-refractivity contribution in [3.8, 4) is 5.75 Å². The highest BCUT2D eigenvalue weighted by atomic mass is 32.2. The number of nitrogens with one attached hydrogen (secondary N) is 1. The van der Waals surface area contributed by atoms with Crippen LogP contribution in [0.25, 0.3) is 0 Å². The zero-order chi connectivity index (χ0) is 16.4. The highest BCUT2D eigenvalue weighted by Crippen LogP contribution is 2.31. The maximum absolute atomic E-state index is 12.5. The number of sulfone groups is 1. The summed E-state index contributed by atoms with van der Waals surface area (Å²) in [7, 11) is -3.34. The fourth-order valence-corrected chi connectivity index (χ4v) is 3.27. The Morgan fingerprint density at radius 2 is 1.96 bits per heavy atom. The van der Waals surface area contributed by atoms with Gasteiger partial charge in [0.1, 0.15) is 5.75 Å². The summed E-state index contributed by atoms with van der Waals surface area (Å²) in [6.07, 6.45) is 1.80. The largest absolute Gasteiger partial charge is 0.493 e. The number of ether oxygens (including phenoxy) is 1. The molecule has 0 bridgehead atoms. The normalized spacial score (nSPS) is 17.0. The summed E-state index contributed by atoms with van der Waals surface area (Å²) >= 11 is 0. The van der Waals surface area contributed by atoms with Gasteiger partial charge in [0.05, 0.1) is 17.5 Å². The van der Waals surface area contributed by atoms with Crippen molar-refractivity contribution < 1.29 is 17.9 Å². The average molecular weight is 331 g/mol. The quantitative estimate of drug-likeness (QED) is 0.937. The molecule has 1 aliphatic rings. The molecule has 120 valence electrons. The highest BCUT2D eigenvalue weighted by molar-refractivity contribution is 7.90. The third kappa shape index (κ3) is 3.37. The van der Waals surface area contributed by atoms with Gasteiger partial charge in [-0.05, 0) is 24.3 Å². The summed E-state index contributed by atoms with van der Waals surface area (Å²) in [4.78, 5) is 12.6. The fraction of sp³-hybridized carbons (Fsp3) is 0.235. The number of rotatable bonds is 3. The number of amides is 1. The third-order valence-electron chi connectivity index (χ3n) is 3.79. The van der Waals surface area contributed by atoms with Crippen LogP contribution in [0.3, 0.4) is 0 Å². The summed E-state index contributed by atoms with van der Waals surface area (Å²) in [5.41, 5.74) is 1.27. The number of hydrogen-bond donors (Lipinski definition) is 1. The number of carbonyl (C=O) groups excluding carboxylic acids is 1. The van der Waals surface area contributed by atoms with Gasteiger partial charge in [-0.2, -0.15) is 0 Å². The minimum absolute atomic E-state index is 0.137. The Morgan fingerprint density at radius 3 is 2.74 bits per heavy atom. The van der Waals surface area contributed by atoms with E-state index in [4.69, 9.17) is 4.74 Å².